The zero-order valence-electron chi connectivity index (χ0n) is 16.8. The molecule has 7 nitrogen and oxygen atoms in total. The summed E-state index contributed by atoms with van der Waals surface area (Å²) in [5.41, 5.74) is -0.936. The Morgan fingerprint density at radius 3 is 2.30 bits per heavy atom. The molecule has 0 aliphatic rings. The molecule has 4 rings (SSSR count). The van der Waals surface area contributed by atoms with Crippen molar-refractivity contribution in [2.45, 2.75) is 6.04 Å². The van der Waals surface area contributed by atoms with E-state index in [9.17, 15) is 32.6 Å². The summed E-state index contributed by atoms with van der Waals surface area (Å²) >= 11 is 0. The zero-order valence-corrected chi connectivity index (χ0v) is 16.8. The summed E-state index contributed by atoms with van der Waals surface area (Å²) < 4.78 is 56.3. The number of nitrogens with one attached hydrogen (secondary N) is 1. The quantitative estimate of drug-likeness (QED) is 0.383. The highest BCUT2D eigenvalue weighted by atomic mass is 19.2. The third kappa shape index (κ3) is 4.28. The van der Waals surface area contributed by atoms with Crippen LogP contribution < -0.4 is 10.9 Å². The lowest BCUT2D eigenvalue weighted by Crippen LogP contribution is -2.29. The molecular formula is C22H16F4N4O3. The van der Waals surface area contributed by atoms with Crippen LogP contribution in [0.2, 0.25) is 0 Å². The number of pyridine rings is 1. The van der Waals surface area contributed by atoms with Gasteiger partial charge in [0, 0.05) is 23.1 Å². The van der Waals surface area contributed by atoms with Crippen molar-refractivity contribution in [1.82, 2.24) is 14.5 Å². The van der Waals surface area contributed by atoms with E-state index in [1.165, 1.54) is 12.1 Å². The van der Waals surface area contributed by atoms with E-state index in [0.29, 0.717) is 6.07 Å². The number of nitrogens with zero attached hydrogens (tertiary/aromatic N) is 3. The molecule has 3 N–H and O–H groups in total. The summed E-state index contributed by atoms with van der Waals surface area (Å²) in [6, 6.07) is 7.23. The molecule has 0 bridgehead atoms. The molecule has 0 spiro atoms. The van der Waals surface area contributed by atoms with E-state index in [1.807, 2.05) is 0 Å². The lowest BCUT2D eigenvalue weighted by Gasteiger charge is -2.17. The lowest BCUT2D eigenvalue weighted by atomic mass is 10.1. The number of halogens is 4. The number of hydrogen-bond donors (Lipinski definition) is 3. The van der Waals surface area contributed by atoms with Gasteiger partial charge in [-0.3, -0.25) is 9.36 Å². The first kappa shape index (κ1) is 22.4. The molecular weight excluding hydrogens is 444 g/mol. The molecule has 0 saturated heterocycles. The monoisotopic (exact) mass is 460 g/mol. The predicted molar refractivity (Wildman–Crippen MR) is 112 cm³/mol. The van der Waals surface area contributed by atoms with Gasteiger partial charge in [0.15, 0.2) is 17.3 Å². The minimum atomic E-state index is -1.14. The summed E-state index contributed by atoms with van der Waals surface area (Å²) in [6.45, 7) is -0.987. The summed E-state index contributed by atoms with van der Waals surface area (Å²) in [6.07, 6.45) is 0. The van der Waals surface area contributed by atoms with E-state index in [2.05, 4.69) is 15.3 Å². The average Bonchev–Trinajstić information content (AvgIpc) is 2.79. The molecule has 2 aromatic heterocycles. The molecule has 4 aromatic rings. The average molecular weight is 460 g/mol. The topological polar surface area (TPSA) is 100 Å². The predicted octanol–water partition coefficient (Wildman–Crippen LogP) is 2.77. The molecule has 170 valence electrons. The number of aromatic nitrogens is 3. The minimum absolute atomic E-state index is 0.0623. The van der Waals surface area contributed by atoms with Gasteiger partial charge in [0.05, 0.1) is 30.6 Å². The third-order valence-electron chi connectivity index (χ3n) is 4.87. The van der Waals surface area contributed by atoms with Crippen molar-refractivity contribution in [1.29, 1.82) is 0 Å². The van der Waals surface area contributed by atoms with Gasteiger partial charge >= 0.3 is 0 Å². The van der Waals surface area contributed by atoms with E-state index in [0.717, 1.165) is 34.9 Å². The fraction of sp³-hybridized carbons (Fsp3) is 0.136. The van der Waals surface area contributed by atoms with E-state index < -0.39 is 48.1 Å². The second-order valence-corrected chi connectivity index (χ2v) is 7.07. The second kappa shape index (κ2) is 8.96. The molecule has 0 radical (unpaired) electrons. The Kier molecular flexibility index (Phi) is 6.07. The van der Waals surface area contributed by atoms with E-state index in [-0.39, 0.29) is 33.9 Å². The third-order valence-corrected chi connectivity index (χ3v) is 4.87. The van der Waals surface area contributed by atoms with Gasteiger partial charge in [-0.05, 0) is 36.4 Å². The molecule has 0 fully saturated rings. The van der Waals surface area contributed by atoms with Gasteiger partial charge < -0.3 is 15.5 Å². The SMILES string of the molecule is O=c1ccc2c(-c3ccc(F)c(F)c3)nc(NC(CO)CO)nc2n1-c1ccc(F)cc1F. The Labute approximate surface area is 183 Å². The molecule has 33 heavy (non-hydrogen) atoms. The largest absolute Gasteiger partial charge is 0.394 e. The van der Waals surface area contributed by atoms with Crippen LogP contribution in [-0.4, -0.2) is 44.0 Å². The first-order chi connectivity index (χ1) is 15.8. The number of fused-ring (bicyclic) bond motifs is 1. The van der Waals surface area contributed by atoms with Crippen LogP contribution in [0.15, 0.2) is 53.3 Å². The standard InChI is InChI=1S/C22H16F4N4O3/c23-12-2-5-18(17(26)8-12)30-19(33)6-3-14-20(11-1-4-15(24)16(25)7-11)28-22(29-21(14)30)27-13(9-31)10-32/h1-8,13,31-32H,9-10H2,(H,27,28,29). The van der Waals surface area contributed by atoms with Crippen LogP contribution in [0.4, 0.5) is 23.5 Å². The van der Waals surface area contributed by atoms with Crippen LogP contribution in [0.5, 0.6) is 0 Å². The van der Waals surface area contributed by atoms with Crippen LogP contribution in [0.3, 0.4) is 0 Å². The summed E-state index contributed by atoms with van der Waals surface area (Å²) in [5.74, 6) is -4.29. The first-order valence-electron chi connectivity index (χ1n) is 9.65. The molecule has 0 amide bonds. The number of anilines is 1. The van der Waals surface area contributed by atoms with Gasteiger partial charge in [-0.1, -0.05) is 0 Å². The molecule has 0 unspecified atom stereocenters. The Bertz CT molecular complexity index is 1410. The Morgan fingerprint density at radius 1 is 0.879 bits per heavy atom. The van der Waals surface area contributed by atoms with Gasteiger partial charge in [0.25, 0.3) is 5.56 Å². The van der Waals surface area contributed by atoms with Crippen molar-refractivity contribution in [2.75, 3.05) is 18.5 Å². The Hall–Kier alpha value is -3.83. The summed E-state index contributed by atoms with van der Waals surface area (Å²) in [4.78, 5) is 21.2. The highest BCUT2D eigenvalue weighted by molar-refractivity contribution is 5.92. The van der Waals surface area contributed by atoms with E-state index in [1.54, 1.807) is 0 Å². The van der Waals surface area contributed by atoms with Crippen molar-refractivity contribution in [3.8, 4) is 16.9 Å². The second-order valence-electron chi connectivity index (χ2n) is 7.07. The van der Waals surface area contributed by atoms with Gasteiger partial charge in [-0.25, -0.2) is 22.5 Å². The molecule has 0 aliphatic carbocycles. The minimum Gasteiger partial charge on any atom is -0.394 e. The van der Waals surface area contributed by atoms with Crippen LogP contribution in [0.25, 0.3) is 28.0 Å². The van der Waals surface area contributed by atoms with Crippen molar-refractivity contribution in [3.63, 3.8) is 0 Å². The highest BCUT2D eigenvalue weighted by Crippen LogP contribution is 2.29. The van der Waals surface area contributed by atoms with Gasteiger partial charge in [-0.15, -0.1) is 0 Å². The van der Waals surface area contributed by atoms with Crippen molar-refractivity contribution >= 4 is 17.0 Å². The molecule has 2 aromatic carbocycles. The number of hydrogen-bond acceptors (Lipinski definition) is 6. The smallest absolute Gasteiger partial charge is 0.256 e. The molecule has 11 heteroatoms. The fourth-order valence-electron chi connectivity index (χ4n) is 3.27. The normalized spacial score (nSPS) is 11.4. The highest BCUT2D eigenvalue weighted by Gasteiger charge is 2.19. The molecule has 2 heterocycles. The maximum atomic E-state index is 14.6. The lowest BCUT2D eigenvalue weighted by molar-refractivity contribution is 0.203. The van der Waals surface area contributed by atoms with E-state index in [4.69, 9.17) is 0 Å². The zero-order chi connectivity index (χ0) is 23.7. The van der Waals surface area contributed by atoms with Crippen LogP contribution in [0, 0.1) is 23.3 Å². The molecule has 0 saturated carbocycles. The maximum Gasteiger partial charge on any atom is 0.256 e. The van der Waals surface area contributed by atoms with Crippen LogP contribution >= 0.6 is 0 Å². The van der Waals surface area contributed by atoms with Crippen molar-refractivity contribution < 1.29 is 27.8 Å². The summed E-state index contributed by atoms with van der Waals surface area (Å²) in [5, 5.41) is 21.6. The van der Waals surface area contributed by atoms with Crippen LogP contribution in [-0.2, 0) is 0 Å². The molecule has 0 aliphatic heterocycles. The van der Waals surface area contributed by atoms with Crippen LogP contribution in [0.1, 0.15) is 0 Å². The summed E-state index contributed by atoms with van der Waals surface area (Å²) in [7, 11) is 0. The maximum absolute atomic E-state index is 14.6. The number of benzene rings is 2. The Balaban J connectivity index is 2.06. The fourth-order valence-corrected chi connectivity index (χ4v) is 3.27. The van der Waals surface area contributed by atoms with Crippen molar-refractivity contribution in [3.05, 3.63) is 82.2 Å². The van der Waals surface area contributed by atoms with Crippen molar-refractivity contribution in [2.24, 2.45) is 0 Å². The number of aliphatic hydroxyl groups is 2. The van der Waals surface area contributed by atoms with Gasteiger partial charge in [0.2, 0.25) is 5.95 Å². The van der Waals surface area contributed by atoms with Gasteiger partial charge in [-0.2, -0.15) is 4.98 Å². The van der Waals surface area contributed by atoms with E-state index >= 15 is 0 Å². The molecule has 0 atom stereocenters. The first-order valence-corrected chi connectivity index (χ1v) is 9.65. The number of rotatable bonds is 6. The van der Waals surface area contributed by atoms with Gasteiger partial charge in [0.1, 0.15) is 11.6 Å². The Morgan fingerprint density at radius 2 is 1.64 bits per heavy atom. The number of aliphatic hydroxyl groups excluding tert-OH is 2.